The molecule has 0 aliphatic rings. The van der Waals surface area contributed by atoms with Gasteiger partial charge in [0.05, 0.1) is 12.2 Å². The van der Waals surface area contributed by atoms with E-state index in [4.69, 9.17) is 0 Å². The molecule has 152 valence electrons. The maximum absolute atomic E-state index is 12.5. The van der Waals surface area contributed by atoms with Gasteiger partial charge in [0.1, 0.15) is 5.75 Å². The summed E-state index contributed by atoms with van der Waals surface area (Å²) in [6, 6.07) is 14.7. The van der Waals surface area contributed by atoms with E-state index in [1.54, 1.807) is 18.2 Å². The summed E-state index contributed by atoms with van der Waals surface area (Å²) in [7, 11) is 0. The minimum Gasteiger partial charge on any atom is -0.405 e. The van der Waals surface area contributed by atoms with E-state index >= 15 is 0 Å². The third kappa shape index (κ3) is 5.60. The van der Waals surface area contributed by atoms with Crippen LogP contribution in [0.15, 0.2) is 54.6 Å². The van der Waals surface area contributed by atoms with E-state index in [2.05, 4.69) is 15.2 Å². The molecule has 0 aliphatic heterocycles. The predicted molar refractivity (Wildman–Crippen MR) is 102 cm³/mol. The highest BCUT2D eigenvalue weighted by molar-refractivity contribution is 5.94. The summed E-state index contributed by atoms with van der Waals surface area (Å²) in [4.78, 5) is 12.3. The number of hydrogen-bond acceptors (Lipinski definition) is 3. The molecule has 0 fully saturated rings. The summed E-state index contributed by atoms with van der Waals surface area (Å²) in [6.07, 6.45) is -4.79. The van der Waals surface area contributed by atoms with Gasteiger partial charge in [0.25, 0.3) is 5.91 Å². The maximum atomic E-state index is 12.5. The van der Waals surface area contributed by atoms with Crippen LogP contribution in [-0.2, 0) is 13.1 Å². The largest absolute Gasteiger partial charge is 0.573 e. The summed E-state index contributed by atoms with van der Waals surface area (Å²) in [5.41, 5.74) is 3.62. The van der Waals surface area contributed by atoms with Crippen molar-refractivity contribution in [2.45, 2.75) is 33.3 Å². The fourth-order valence-electron chi connectivity index (χ4n) is 2.92. The maximum Gasteiger partial charge on any atom is 0.573 e. The summed E-state index contributed by atoms with van der Waals surface area (Å²) in [5.74, 6) is -0.718. The van der Waals surface area contributed by atoms with Crippen molar-refractivity contribution in [1.29, 1.82) is 0 Å². The first kappa shape index (κ1) is 20.4. The molecule has 8 heteroatoms. The first-order chi connectivity index (χ1) is 13.7. The molecule has 0 aliphatic carbocycles. The molecule has 0 saturated heterocycles. The summed E-state index contributed by atoms with van der Waals surface area (Å²) in [5, 5.41) is 7.02. The number of para-hydroxylation sites is 1. The molecule has 0 spiro atoms. The van der Waals surface area contributed by atoms with E-state index in [-0.39, 0.29) is 23.8 Å². The highest BCUT2D eigenvalue weighted by Gasteiger charge is 2.32. The Bertz CT molecular complexity index is 995. The van der Waals surface area contributed by atoms with Gasteiger partial charge in [-0.1, -0.05) is 30.3 Å². The van der Waals surface area contributed by atoms with Gasteiger partial charge >= 0.3 is 6.36 Å². The number of ether oxygens (including phenoxy) is 1. The monoisotopic (exact) mass is 403 g/mol. The Morgan fingerprint density at radius 3 is 2.41 bits per heavy atom. The molecule has 3 rings (SSSR count). The topological polar surface area (TPSA) is 56.2 Å². The van der Waals surface area contributed by atoms with Crippen molar-refractivity contribution in [2.75, 3.05) is 0 Å². The van der Waals surface area contributed by atoms with Gasteiger partial charge in [0.2, 0.25) is 0 Å². The lowest BCUT2D eigenvalue weighted by molar-refractivity contribution is -0.274. The van der Waals surface area contributed by atoms with E-state index < -0.39 is 6.36 Å². The number of amides is 1. The summed E-state index contributed by atoms with van der Waals surface area (Å²) < 4.78 is 43.3. The van der Waals surface area contributed by atoms with Gasteiger partial charge in [-0.2, -0.15) is 5.10 Å². The van der Waals surface area contributed by atoms with E-state index in [0.29, 0.717) is 12.1 Å². The molecule has 0 atom stereocenters. The Kier molecular flexibility index (Phi) is 5.91. The molecule has 3 aromatic rings. The number of alkyl halides is 3. The molecule has 0 saturated carbocycles. The van der Waals surface area contributed by atoms with Crippen LogP contribution >= 0.6 is 0 Å². The third-order valence-corrected chi connectivity index (χ3v) is 4.29. The van der Waals surface area contributed by atoms with E-state index in [1.807, 2.05) is 36.7 Å². The molecule has 29 heavy (non-hydrogen) atoms. The van der Waals surface area contributed by atoms with Crippen LogP contribution < -0.4 is 10.1 Å². The first-order valence-corrected chi connectivity index (χ1v) is 8.93. The minimum absolute atomic E-state index is 0.0847. The molecular formula is C21H20F3N3O2. The number of carbonyl (C=O) groups excluding carboxylic acids is 1. The lowest BCUT2D eigenvalue weighted by atomic mass is 10.1. The smallest absolute Gasteiger partial charge is 0.405 e. The van der Waals surface area contributed by atoms with Gasteiger partial charge in [0, 0.05) is 23.4 Å². The van der Waals surface area contributed by atoms with Crippen molar-refractivity contribution in [2.24, 2.45) is 0 Å². The normalized spacial score (nSPS) is 11.3. The predicted octanol–water partition coefficient (Wildman–Crippen LogP) is 4.38. The zero-order chi connectivity index (χ0) is 21.0. The fourth-order valence-corrected chi connectivity index (χ4v) is 2.92. The second-order valence-electron chi connectivity index (χ2n) is 6.62. The van der Waals surface area contributed by atoms with Gasteiger partial charge in [-0.25, -0.2) is 0 Å². The molecule has 1 aromatic heterocycles. The minimum atomic E-state index is -4.79. The van der Waals surface area contributed by atoms with Gasteiger partial charge in [-0.15, -0.1) is 13.2 Å². The molecule has 1 N–H and O–H groups in total. The van der Waals surface area contributed by atoms with Crippen LogP contribution in [0.1, 0.15) is 32.9 Å². The number of benzene rings is 2. The highest BCUT2D eigenvalue weighted by Crippen LogP contribution is 2.26. The first-order valence-electron chi connectivity index (χ1n) is 8.93. The van der Waals surface area contributed by atoms with Crippen molar-refractivity contribution in [3.05, 3.63) is 82.7 Å². The molecule has 0 bridgehead atoms. The fraction of sp³-hybridized carbons (Fsp3) is 0.238. The van der Waals surface area contributed by atoms with E-state index in [0.717, 1.165) is 17.0 Å². The zero-order valence-electron chi connectivity index (χ0n) is 16.0. The number of halogens is 3. The van der Waals surface area contributed by atoms with E-state index in [9.17, 15) is 18.0 Å². The van der Waals surface area contributed by atoms with Crippen LogP contribution in [0.25, 0.3) is 0 Å². The average Bonchev–Trinajstić information content (AvgIpc) is 2.97. The quantitative estimate of drug-likeness (QED) is 0.665. The number of nitrogens with zero attached hydrogens (tertiary/aromatic N) is 2. The van der Waals surface area contributed by atoms with Gasteiger partial charge < -0.3 is 10.1 Å². The Morgan fingerprint density at radius 2 is 1.79 bits per heavy atom. The molecule has 1 amide bonds. The van der Waals surface area contributed by atoms with Crippen molar-refractivity contribution in [3.63, 3.8) is 0 Å². The Balaban J connectivity index is 1.62. The van der Waals surface area contributed by atoms with Crippen LogP contribution in [0.5, 0.6) is 5.75 Å². The van der Waals surface area contributed by atoms with E-state index in [1.165, 1.54) is 18.2 Å². The van der Waals surface area contributed by atoms with Gasteiger partial charge in [0.15, 0.2) is 0 Å². The third-order valence-electron chi connectivity index (χ3n) is 4.29. The zero-order valence-corrected chi connectivity index (χ0v) is 16.0. The molecular weight excluding hydrogens is 383 g/mol. The summed E-state index contributed by atoms with van der Waals surface area (Å²) >= 11 is 0. The van der Waals surface area contributed by atoms with Crippen LogP contribution in [-0.4, -0.2) is 22.1 Å². The molecule has 0 unspecified atom stereocenters. The van der Waals surface area contributed by atoms with Crippen molar-refractivity contribution >= 4 is 5.91 Å². The van der Waals surface area contributed by atoms with Gasteiger partial charge in [-0.3, -0.25) is 9.48 Å². The lowest BCUT2D eigenvalue weighted by Gasteiger charge is -2.13. The standard InChI is InChI=1S/C21H20F3N3O2/c1-14-11-15(2)27(26-14)13-16-7-9-17(10-8-16)20(28)25-12-18-5-3-4-6-19(18)29-21(22,23)24/h3-11H,12-13H2,1-2H3,(H,25,28). The van der Waals surface area contributed by atoms with Gasteiger partial charge in [-0.05, 0) is 43.7 Å². The average molecular weight is 403 g/mol. The Labute approximate surface area is 166 Å². The molecule has 1 heterocycles. The van der Waals surface area contributed by atoms with Crippen molar-refractivity contribution in [3.8, 4) is 5.75 Å². The van der Waals surface area contributed by atoms with Crippen LogP contribution in [0, 0.1) is 13.8 Å². The molecule has 0 radical (unpaired) electrons. The number of aromatic nitrogens is 2. The number of rotatable bonds is 6. The Morgan fingerprint density at radius 1 is 1.10 bits per heavy atom. The van der Waals surface area contributed by atoms with Crippen molar-refractivity contribution < 1.29 is 22.7 Å². The summed E-state index contributed by atoms with van der Waals surface area (Å²) in [6.45, 7) is 4.40. The number of hydrogen-bond donors (Lipinski definition) is 1. The number of aryl methyl sites for hydroxylation is 2. The Hall–Kier alpha value is -3.29. The second kappa shape index (κ2) is 8.38. The second-order valence-corrected chi connectivity index (χ2v) is 6.62. The SMILES string of the molecule is Cc1cc(C)n(Cc2ccc(C(=O)NCc3ccccc3OC(F)(F)F)cc2)n1. The molecule has 5 nitrogen and oxygen atoms in total. The number of nitrogens with one attached hydrogen (secondary N) is 1. The number of carbonyl (C=O) groups is 1. The van der Waals surface area contributed by atoms with Crippen LogP contribution in [0.3, 0.4) is 0 Å². The van der Waals surface area contributed by atoms with Crippen LogP contribution in [0.4, 0.5) is 13.2 Å². The van der Waals surface area contributed by atoms with Crippen molar-refractivity contribution in [1.82, 2.24) is 15.1 Å². The van der Waals surface area contributed by atoms with Crippen LogP contribution in [0.2, 0.25) is 0 Å². The lowest BCUT2D eigenvalue weighted by Crippen LogP contribution is -2.24. The molecule has 2 aromatic carbocycles. The highest BCUT2D eigenvalue weighted by atomic mass is 19.4.